The zero-order valence-electron chi connectivity index (χ0n) is 13.8. The third-order valence-corrected chi connectivity index (χ3v) is 4.32. The van der Waals surface area contributed by atoms with Gasteiger partial charge in [-0.05, 0) is 37.2 Å². The molecule has 1 aliphatic rings. The molecular formula is C19H31NO. The molecule has 118 valence electrons. The molecule has 2 nitrogen and oxygen atoms in total. The van der Waals surface area contributed by atoms with Gasteiger partial charge in [-0.1, -0.05) is 57.5 Å². The van der Waals surface area contributed by atoms with Gasteiger partial charge in [-0.25, -0.2) is 0 Å². The van der Waals surface area contributed by atoms with Gasteiger partial charge in [-0.3, -0.25) is 0 Å². The zero-order valence-corrected chi connectivity index (χ0v) is 13.8. The van der Waals surface area contributed by atoms with Gasteiger partial charge in [-0.2, -0.15) is 0 Å². The van der Waals surface area contributed by atoms with Crippen LogP contribution in [0.3, 0.4) is 0 Å². The van der Waals surface area contributed by atoms with Crippen molar-refractivity contribution in [1.82, 2.24) is 5.32 Å². The summed E-state index contributed by atoms with van der Waals surface area (Å²) >= 11 is 0. The minimum absolute atomic E-state index is 0.455. The Balaban J connectivity index is 1.98. The summed E-state index contributed by atoms with van der Waals surface area (Å²) in [5.74, 6) is 0.703. The van der Waals surface area contributed by atoms with Crippen molar-refractivity contribution >= 4 is 0 Å². The molecule has 0 aromatic heterocycles. The van der Waals surface area contributed by atoms with Gasteiger partial charge in [0.25, 0.3) is 0 Å². The number of nitrogens with one attached hydrogen (secondary N) is 1. The SMILES string of the molecule is CCCC1CC(NC(CC(C)C)c2ccccc2)CCO1. The van der Waals surface area contributed by atoms with E-state index >= 15 is 0 Å². The van der Waals surface area contributed by atoms with E-state index in [2.05, 4.69) is 56.4 Å². The maximum atomic E-state index is 5.88. The van der Waals surface area contributed by atoms with Crippen molar-refractivity contribution in [2.45, 2.75) is 71.1 Å². The summed E-state index contributed by atoms with van der Waals surface area (Å²) in [6.45, 7) is 7.76. The van der Waals surface area contributed by atoms with Crippen LogP contribution in [0.2, 0.25) is 0 Å². The molecule has 0 spiro atoms. The van der Waals surface area contributed by atoms with Crippen LogP contribution in [0.5, 0.6) is 0 Å². The Kier molecular flexibility index (Phi) is 6.72. The molecule has 1 saturated heterocycles. The van der Waals surface area contributed by atoms with E-state index in [1.165, 1.54) is 24.8 Å². The van der Waals surface area contributed by atoms with E-state index in [4.69, 9.17) is 4.74 Å². The van der Waals surface area contributed by atoms with Gasteiger partial charge in [0.05, 0.1) is 6.10 Å². The van der Waals surface area contributed by atoms with Crippen LogP contribution >= 0.6 is 0 Å². The summed E-state index contributed by atoms with van der Waals surface area (Å²) in [6.07, 6.45) is 6.36. The predicted octanol–water partition coefficient (Wildman–Crippen LogP) is 4.71. The van der Waals surface area contributed by atoms with Crippen molar-refractivity contribution in [2.24, 2.45) is 5.92 Å². The Morgan fingerprint density at radius 2 is 2.00 bits per heavy atom. The highest BCUT2D eigenvalue weighted by atomic mass is 16.5. The number of hydrogen-bond donors (Lipinski definition) is 1. The lowest BCUT2D eigenvalue weighted by Gasteiger charge is -2.34. The molecule has 1 fully saturated rings. The number of rotatable bonds is 7. The molecule has 3 unspecified atom stereocenters. The van der Waals surface area contributed by atoms with Crippen molar-refractivity contribution in [2.75, 3.05) is 6.61 Å². The van der Waals surface area contributed by atoms with Crippen LogP contribution in [-0.4, -0.2) is 18.8 Å². The Hall–Kier alpha value is -0.860. The molecule has 1 N–H and O–H groups in total. The molecule has 0 aliphatic carbocycles. The van der Waals surface area contributed by atoms with Crippen molar-refractivity contribution in [3.05, 3.63) is 35.9 Å². The fraction of sp³-hybridized carbons (Fsp3) is 0.684. The second-order valence-corrected chi connectivity index (χ2v) is 6.76. The largest absolute Gasteiger partial charge is 0.378 e. The van der Waals surface area contributed by atoms with Gasteiger partial charge in [-0.15, -0.1) is 0 Å². The third kappa shape index (κ3) is 5.44. The highest BCUT2D eigenvalue weighted by Crippen LogP contribution is 2.25. The Bertz CT molecular complexity index is 388. The van der Waals surface area contributed by atoms with Crippen LogP contribution in [0.15, 0.2) is 30.3 Å². The van der Waals surface area contributed by atoms with Crippen molar-refractivity contribution < 1.29 is 4.74 Å². The standard InChI is InChI=1S/C19H31NO/c1-4-8-18-14-17(11-12-21-18)20-19(13-15(2)3)16-9-6-5-7-10-16/h5-7,9-10,15,17-20H,4,8,11-14H2,1-3H3. The Morgan fingerprint density at radius 3 is 2.67 bits per heavy atom. The minimum Gasteiger partial charge on any atom is -0.378 e. The van der Waals surface area contributed by atoms with Gasteiger partial charge in [0, 0.05) is 18.7 Å². The molecule has 0 radical (unpaired) electrons. The quantitative estimate of drug-likeness (QED) is 0.785. The van der Waals surface area contributed by atoms with E-state index in [-0.39, 0.29) is 0 Å². The number of hydrogen-bond acceptors (Lipinski definition) is 2. The molecule has 21 heavy (non-hydrogen) atoms. The molecule has 0 amide bonds. The molecule has 0 saturated carbocycles. The average Bonchev–Trinajstić information content (AvgIpc) is 2.48. The van der Waals surface area contributed by atoms with Crippen LogP contribution in [0.1, 0.15) is 64.5 Å². The third-order valence-electron chi connectivity index (χ3n) is 4.32. The second kappa shape index (κ2) is 8.55. The molecule has 1 aromatic carbocycles. The van der Waals surface area contributed by atoms with Gasteiger partial charge in [0.1, 0.15) is 0 Å². The summed E-state index contributed by atoms with van der Waals surface area (Å²) in [4.78, 5) is 0. The molecular weight excluding hydrogens is 258 g/mol. The van der Waals surface area contributed by atoms with Crippen LogP contribution in [-0.2, 0) is 4.74 Å². The zero-order chi connectivity index (χ0) is 15.1. The lowest BCUT2D eigenvalue weighted by Crippen LogP contribution is -2.41. The first-order chi connectivity index (χ1) is 10.2. The van der Waals surface area contributed by atoms with Gasteiger partial charge >= 0.3 is 0 Å². The van der Waals surface area contributed by atoms with E-state index in [1.54, 1.807) is 0 Å². The average molecular weight is 289 g/mol. The summed E-state index contributed by atoms with van der Waals surface area (Å²) in [7, 11) is 0. The predicted molar refractivity (Wildman–Crippen MR) is 89.4 cm³/mol. The highest BCUT2D eigenvalue weighted by Gasteiger charge is 2.25. The van der Waals surface area contributed by atoms with Gasteiger partial charge in [0.15, 0.2) is 0 Å². The summed E-state index contributed by atoms with van der Waals surface area (Å²) in [6, 6.07) is 12.0. The van der Waals surface area contributed by atoms with Gasteiger partial charge in [0.2, 0.25) is 0 Å². The highest BCUT2D eigenvalue weighted by molar-refractivity contribution is 5.19. The smallest absolute Gasteiger partial charge is 0.0589 e. The van der Waals surface area contributed by atoms with Crippen LogP contribution in [0.4, 0.5) is 0 Å². The molecule has 1 heterocycles. The van der Waals surface area contributed by atoms with Crippen LogP contribution in [0.25, 0.3) is 0 Å². The maximum absolute atomic E-state index is 5.88. The first kappa shape index (κ1) is 16.5. The van der Waals surface area contributed by atoms with Gasteiger partial charge < -0.3 is 10.1 Å². The molecule has 0 bridgehead atoms. The van der Waals surface area contributed by atoms with E-state index < -0.39 is 0 Å². The van der Waals surface area contributed by atoms with Crippen molar-refractivity contribution in [3.8, 4) is 0 Å². The maximum Gasteiger partial charge on any atom is 0.0589 e. The Labute approximate surface area is 130 Å². The van der Waals surface area contributed by atoms with E-state index in [0.29, 0.717) is 24.1 Å². The number of ether oxygens (including phenoxy) is 1. The topological polar surface area (TPSA) is 21.3 Å². The molecule has 1 aliphatic heterocycles. The van der Waals surface area contributed by atoms with Crippen molar-refractivity contribution in [1.29, 1.82) is 0 Å². The summed E-state index contributed by atoms with van der Waals surface area (Å²) in [5, 5.41) is 3.91. The number of benzene rings is 1. The molecule has 3 atom stereocenters. The first-order valence-electron chi connectivity index (χ1n) is 8.61. The monoisotopic (exact) mass is 289 g/mol. The first-order valence-corrected chi connectivity index (χ1v) is 8.61. The lowest BCUT2D eigenvalue weighted by atomic mass is 9.93. The molecule has 2 heteroatoms. The summed E-state index contributed by atoms with van der Waals surface area (Å²) in [5.41, 5.74) is 1.42. The van der Waals surface area contributed by atoms with Crippen molar-refractivity contribution in [3.63, 3.8) is 0 Å². The minimum atomic E-state index is 0.455. The Morgan fingerprint density at radius 1 is 1.24 bits per heavy atom. The van der Waals surface area contributed by atoms with Crippen LogP contribution < -0.4 is 5.32 Å². The summed E-state index contributed by atoms with van der Waals surface area (Å²) < 4.78 is 5.88. The lowest BCUT2D eigenvalue weighted by molar-refractivity contribution is -0.00547. The van der Waals surface area contributed by atoms with E-state index in [9.17, 15) is 0 Å². The van der Waals surface area contributed by atoms with E-state index in [0.717, 1.165) is 19.4 Å². The fourth-order valence-corrected chi connectivity index (χ4v) is 3.30. The van der Waals surface area contributed by atoms with E-state index in [1.807, 2.05) is 0 Å². The van der Waals surface area contributed by atoms with Crippen LogP contribution in [0, 0.1) is 5.92 Å². The normalized spacial score (nSPS) is 24.2. The second-order valence-electron chi connectivity index (χ2n) is 6.76. The fourth-order valence-electron chi connectivity index (χ4n) is 3.30. The molecule has 1 aromatic rings. The molecule has 2 rings (SSSR count).